The first-order chi connectivity index (χ1) is 8.30. The van der Waals surface area contributed by atoms with Gasteiger partial charge in [-0.25, -0.2) is 0 Å². The number of benzene rings is 1. The van der Waals surface area contributed by atoms with Crippen LogP contribution < -0.4 is 16.0 Å². The summed E-state index contributed by atoms with van der Waals surface area (Å²) in [6.07, 6.45) is 2.60. The lowest BCUT2D eigenvalue weighted by Gasteiger charge is -2.25. The van der Waals surface area contributed by atoms with E-state index in [0.29, 0.717) is 5.92 Å². The number of methoxy groups -OCH3 is 2. The summed E-state index contributed by atoms with van der Waals surface area (Å²) in [5.74, 6) is 7.14. The van der Waals surface area contributed by atoms with Crippen molar-refractivity contribution in [3.8, 4) is 5.75 Å². The first-order valence-electron chi connectivity index (χ1n) is 5.93. The number of hydrogen-bond donors (Lipinski definition) is 2. The normalized spacial score (nSPS) is 18.8. The van der Waals surface area contributed by atoms with Crippen molar-refractivity contribution >= 4 is 0 Å². The van der Waals surface area contributed by atoms with Gasteiger partial charge in [-0.2, -0.15) is 0 Å². The van der Waals surface area contributed by atoms with Crippen molar-refractivity contribution in [3.05, 3.63) is 29.8 Å². The number of hydrogen-bond acceptors (Lipinski definition) is 4. The molecule has 1 aliphatic rings. The average molecular weight is 236 g/mol. The van der Waals surface area contributed by atoms with E-state index in [1.54, 1.807) is 14.2 Å². The molecule has 0 spiro atoms. The molecule has 0 amide bonds. The Kier molecular flexibility index (Phi) is 3.99. The zero-order chi connectivity index (χ0) is 12.3. The molecular formula is C13H20N2O2. The Balaban J connectivity index is 2.14. The van der Waals surface area contributed by atoms with Gasteiger partial charge in [0.15, 0.2) is 0 Å². The minimum atomic E-state index is 0.0402. The molecule has 4 heteroatoms. The van der Waals surface area contributed by atoms with Gasteiger partial charge in [-0.1, -0.05) is 12.1 Å². The van der Waals surface area contributed by atoms with E-state index in [-0.39, 0.29) is 12.1 Å². The molecule has 2 rings (SSSR count). The van der Waals surface area contributed by atoms with Crippen molar-refractivity contribution in [3.63, 3.8) is 0 Å². The van der Waals surface area contributed by atoms with E-state index in [9.17, 15) is 0 Å². The lowest BCUT2D eigenvalue weighted by Crippen LogP contribution is -2.38. The SMILES string of the molecule is COc1ccc(C(NN)C(OC)C2CC2)cc1. The van der Waals surface area contributed by atoms with Crippen molar-refractivity contribution in [2.24, 2.45) is 11.8 Å². The lowest BCUT2D eigenvalue weighted by atomic mass is 9.98. The van der Waals surface area contributed by atoms with Crippen LogP contribution in [0.1, 0.15) is 24.4 Å². The van der Waals surface area contributed by atoms with Crippen molar-refractivity contribution < 1.29 is 9.47 Å². The molecule has 0 aliphatic heterocycles. The minimum absolute atomic E-state index is 0.0402. The topological polar surface area (TPSA) is 56.5 Å². The average Bonchev–Trinajstić information content (AvgIpc) is 3.20. The Labute approximate surface area is 102 Å². The molecule has 94 valence electrons. The zero-order valence-corrected chi connectivity index (χ0v) is 10.3. The highest BCUT2D eigenvalue weighted by Gasteiger charge is 2.37. The van der Waals surface area contributed by atoms with Crippen LogP contribution in [0.4, 0.5) is 0 Å². The van der Waals surface area contributed by atoms with Crippen LogP contribution in [0.15, 0.2) is 24.3 Å². The van der Waals surface area contributed by atoms with Crippen LogP contribution in [0.5, 0.6) is 5.75 Å². The first-order valence-corrected chi connectivity index (χ1v) is 5.93. The quantitative estimate of drug-likeness (QED) is 0.582. The molecule has 1 aliphatic carbocycles. The minimum Gasteiger partial charge on any atom is -0.497 e. The second kappa shape index (κ2) is 5.49. The Morgan fingerprint density at radius 2 is 1.88 bits per heavy atom. The zero-order valence-electron chi connectivity index (χ0n) is 10.3. The van der Waals surface area contributed by atoms with Crippen LogP contribution in [0.3, 0.4) is 0 Å². The van der Waals surface area contributed by atoms with Gasteiger partial charge < -0.3 is 9.47 Å². The Bertz CT molecular complexity index is 349. The maximum atomic E-state index is 5.66. The highest BCUT2D eigenvalue weighted by atomic mass is 16.5. The fraction of sp³-hybridized carbons (Fsp3) is 0.538. The van der Waals surface area contributed by atoms with Gasteiger partial charge in [0, 0.05) is 7.11 Å². The Hall–Kier alpha value is -1.10. The molecule has 17 heavy (non-hydrogen) atoms. The monoisotopic (exact) mass is 236 g/mol. The van der Waals surface area contributed by atoms with Gasteiger partial charge >= 0.3 is 0 Å². The van der Waals surface area contributed by atoms with Crippen LogP contribution in [0.2, 0.25) is 0 Å². The molecule has 1 saturated carbocycles. The van der Waals surface area contributed by atoms with Crippen molar-refractivity contribution in [1.82, 2.24) is 5.43 Å². The fourth-order valence-electron chi connectivity index (χ4n) is 2.22. The third kappa shape index (κ3) is 2.77. The Morgan fingerprint density at radius 3 is 2.29 bits per heavy atom. The smallest absolute Gasteiger partial charge is 0.118 e. The Morgan fingerprint density at radius 1 is 1.24 bits per heavy atom. The third-order valence-corrected chi connectivity index (χ3v) is 3.34. The van der Waals surface area contributed by atoms with E-state index in [2.05, 4.69) is 5.43 Å². The maximum absolute atomic E-state index is 5.66. The molecule has 0 bridgehead atoms. The summed E-state index contributed by atoms with van der Waals surface area (Å²) >= 11 is 0. The van der Waals surface area contributed by atoms with Gasteiger partial charge in [-0.3, -0.25) is 11.3 Å². The summed E-state index contributed by atoms with van der Waals surface area (Å²) in [5.41, 5.74) is 3.99. The highest BCUT2D eigenvalue weighted by Crippen LogP contribution is 2.39. The third-order valence-electron chi connectivity index (χ3n) is 3.34. The predicted octanol–water partition coefficient (Wildman–Crippen LogP) is 1.62. The van der Waals surface area contributed by atoms with Crippen LogP contribution in [-0.2, 0) is 4.74 Å². The van der Waals surface area contributed by atoms with Gasteiger partial charge in [-0.15, -0.1) is 0 Å². The van der Waals surface area contributed by atoms with Crippen LogP contribution in [-0.4, -0.2) is 20.3 Å². The summed E-state index contributed by atoms with van der Waals surface area (Å²) in [6.45, 7) is 0. The molecule has 0 aromatic heterocycles. The second-order valence-electron chi connectivity index (χ2n) is 4.46. The number of rotatable bonds is 6. The fourth-order valence-corrected chi connectivity index (χ4v) is 2.22. The largest absolute Gasteiger partial charge is 0.497 e. The van der Waals surface area contributed by atoms with Gasteiger partial charge in [0.05, 0.1) is 19.3 Å². The summed E-state index contributed by atoms with van der Waals surface area (Å²) in [7, 11) is 3.41. The van der Waals surface area contributed by atoms with E-state index >= 15 is 0 Å². The number of hydrazine groups is 1. The van der Waals surface area contributed by atoms with Gasteiger partial charge in [0.1, 0.15) is 5.75 Å². The molecule has 0 radical (unpaired) electrons. The molecule has 2 atom stereocenters. The van der Waals surface area contributed by atoms with Gasteiger partial charge in [-0.05, 0) is 36.5 Å². The second-order valence-corrected chi connectivity index (χ2v) is 4.46. The molecule has 1 aromatic rings. The van der Waals surface area contributed by atoms with E-state index in [4.69, 9.17) is 15.3 Å². The summed E-state index contributed by atoms with van der Waals surface area (Å²) in [5, 5.41) is 0. The number of nitrogens with two attached hydrogens (primary N) is 1. The van der Waals surface area contributed by atoms with Crippen LogP contribution in [0.25, 0.3) is 0 Å². The van der Waals surface area contributed by atoms with E-state index in [0.717, 1.165) is 11.3 Å². The highest BCUT2D eigenvalue weighted by molar-refractivity contribution is 5.30. The predicted molar refractivity (Wildman–Crippen MR) is 66.6 cm³/mol. The lowest BCUT2D eigenvalue weighted by molar-refractivity contribution is 0.0506. The van der Waals surface area contributed by atoms with Crippen molar-refractivity contribution in [2.75, 3.05) is 14.2 Å². The molecule has 1 aromatic carbocycles. The standard InChI is InChI=1S/C13H20N2O2/c1-16-11-7-5-9(6-8-11)12(15-14)13(17-2)10-3-4-10/h5-8,10,12-13,15H,3-4,14H2,1-2H3. The summed E-state index contributed by atoms with van der Waals surface area (Å²) in [4.78, 5) is 0. The van der Waals surface area contributed by atoms with Crippen molar-refractivity contribution in [1.29, 1.82) is 0 Å². The molecular weight excluding hydrogens is 216 g/mol. The van der Waals surface area contributed by atoms with Crippen LogP contribution in [0, 0.1) is 5.92 Å². The first kappa shape index (κ1) is 12.4. The molecule has 2 unspecified atom stereocenters. The summed E-state index contributed by atoms with van der Waals surface area (Å²) < 4.78 is 10.7. The molecule has 1 fully saturated rings. The number of ether oxygens (including phenoxy) is 2. The van der Waals surface area contributed by atoms with Crippen molar-refractivity contribution in [2.45, 2.75) is 25.0 Å². The van der Waals surface area contributed by atoms with E-state index in [1.807, 2.05) is 24.3 Å². The molecule has 0 saturated heterocycles. The molecule has 0 heterocycles. The van der Waals surface area contributed by atoms with E-state index < -0.39 is 0 Å². The molecule has 3 N–H and O–H groups in total. The van der Waals surface area contributed by atoms with E-state index in [1.165, 1.54) is 12.8 Å². The van der Waals surface area contributed by atoms with Gasteiger partial charge in [0.25, 0.3) is 0 Å². The van der Waals surface area contributed by atoms with Crippen LogP contribution >= 0.6 is 0 Å². The van der Waals surface area contributed by atoms with Gasteiger partial charge in [0.2, 0.25) is 0 Å². The number of nitrogens with one attached hydrogen (secondary N) is 1. The maximum Gasteiger partial charge on any atom is 0.118 e. The molecule has 4 nitrogen and oxygen atoms in total. The summed E-state index contributed by atoms with van der Waals surface area (Å²) in [6, 6.07) is 7.98.